The van der Waals surface area contributed by atoms with E-state index in [1.807, 2.05) is 6.92 Å². The Balaban J connectivity index is 2.50. The van der Waals surface area contributed by atoms with Crippen molar-refractivity contribution in [3.05, 3.63) is 52.0 Å². The highest BCUT2D eigenvalue weighted by molar-refractivity contribution is 7.92. The third kappa shape index (κ3) is 4.05. The number of esters is 1. The smallest absolute Gasteiger partial charge is 0.337 e. The van der Waals surface area contributed by atoms with Crippen LogP contribution in [0.1, 0.15) is 21.5 Å². The van der Waals surface area contributed by atoms with Gasteiger partial charge in [-0.3, -0.25) is 4.72 Å². The van der Waals surface area contributed by atoms with E-state index in [4.69, 9.17) is 16.3 Å². The van der Waals surface area contributed by atoms with Crippen molar-refractivity contribution in [3.63, 3.8) is 0 Å². The van der Waals surface area contributed by atoms with Gasteiger partial charge in [-0.1, -0.05) is 11.6 Å². The third-order valence-electron chi connectivity index (χ3n) is 3.70. The number of anilines is 1. The minimum absolute atomic E-state index is 0.0161. The first-order chi connectivity index (χ1) is 11.7. The molecular formula is C17H18ClNO5S. The van der Waals surface area contributed by atoms with Crippen LogP contribution in [0.3, 0.4) is 0 Å². The summed E-state index contributed by atoms with van der Waals surface area (Å²) in [7, 11) is -1.34. The molecular weight excluding hydrogens is 366 g/mol. The molecule has 0 aromatic heterocycles. The molecule has 2 rings (SSSR count). The number of benzene rings is 2. The molecule has 25 heavy (non-hydrogen) atoms. The lowest BCUT2D eigenvalue weighted by Crippen LogP contribution is -2.15. The van der Waals surface area contributed by atoms with E-state index in [1.165, 1.54) is 38.5 Å². The van der Waals surface area contributed by atoms with Crippen molar-refractivity contribution < 1.29 is 22.7 Å². The van der Waals surface area contributed by atoms with E-state index in [0.717, 1.165) is 11.1 Å². The van der Waals surface area contributed by atoms with Crippen LogP contribution in [-0.2, 0) is 14.8 Å². The van der Waals surface area contributed by atoms with Crippen LogP contribution in [-0.4, -0.2) is 28.6 Å². The molecule has 6 nitrogen and oxygen atoms in total. The Morgan fingerprint density at radius 1 is 1.08 bits per heavy atom. The molecule has 0 bridgehead atoms. The zero-order valence-electron chi connectivity index (χ0n) is 14.2. The van der Waals surface area contributed by atoms with Crippen LogP contribution in [0, 0.1) is 13.8 Å². The second kappa shape index (κ2) is 7.33. The number of hydrogen-bond donors (Lipinski definition) is 1. The van der Waals surface area contributed by atoms with Crippen molar-refractivity contribution in [3.8, 4) is 5.75 Å². The van der Waals surface area contributed by atoms with Crippen molar-refractivity contribution in [2.75, 3.05) is 18.9 Å². The largest absolute Gasteiger partial charge is 0.495 e. The first kappa shape index (κ1) is 19.1. The Hall–Kier alpha value is -2.25. The van der Waals surface area contributed by atoms with Crippen LogP contribution in [0.2, 0.25) is 5.02 Å². The van der Waals surface area contributed by atoms with E-state index >= 15 is 0 Å². The Morgan fingerprint density at radius 3 is 2.32 bits per heavy atom. The second-order valence-corrected chi connectivity index (χ2v) is 7.44. The standard InChI is InChI=1S/C17H18ClNO5S/c1-10-7-15(23-3)16(8-11(10)2)25(21,22)19-14-9-12(17(20)24-4)5-6-13(14)18/h5-9,19H,1-4H3. The number of hydrogen-bond acceptors (Lipinski definition) is 5. The Labute approximate surface area is 151 Å². The summed E-state index contributed by atoms with van der Waals surface area (Å²) in [6.45, 7) is 3.66. The lowest BCUT2D eigenvalue weighted by molar-refractivity contribution is 0.0601. The average molecular weight is 384 g/mol. The fourth-order valence-electron chi connectivity index (χ4n) is 2.18. The summed E-state index contributed by atoms with van der Waals surface area (Å²) >= 11 is 6.06. The molecule has 2 aromatic rings. The highest BCUT2D eigenvalue weighted by Crippen LogP contribution is 2.31. The maximum atomic E-state index is 12.8. The number of carbonyl (C=O) groups excluding carboxylic acids is 1. The minimum Gasteiger partial charge on any atom is -0.495 e. The summed E-state index contributed by atoms with van der Waals surface area (Å²) in [5.74, 6) is -0.378. The van der Waals surface area contributed by atoms with E-state index in [-0.39, 0.29) is 26.9 Å². The van der Waals surface area contributed by atoms with Gasteiger partial charge in [0.05, 0.1) is 30.5 Å². The van der Waals surface area contributed by atoms with Crippen molar-refractivity contribution in [2.45, 2.75) is 18.7 Å². The molecule has 0 amide bonds. The maximum absolute atomic E-state index is 12.8. The van der Waals surface area contributed by atoms with Gasteiger partial charge in [0.2, 0.25) is 0 Å². The van der Waals surface area contributed by atoms with Gasteiger partial charge in [-0.15, -0.1) is 0 Å². The number of ether oxygens (including phenoxy) is 2. The zero-order chi connectivity index (χ0) is 18.8. The first-order valence-corrected chi connectivity index (χ1v) is 9.11. The van der Waals surface area contributed by atoms with Gasteiger partial charge < -0.3 is 9.47 Å². The fourth-order valence-corrected chi connectivity index (χ4v) is 3.71. The van der Waals surface area contributed by atoms with E-state index in [1.54, 1.807) is 13.0 Å². The van der Waals surface area contributed by atoms with Gasteiger partial charge in [0.15, 0.2) is 0 Å². The van der Waals surface area contributed by atoms with E-state index in [0.29, 0.717) is 0 Å². The predicted molar refractivity (Wildman–Crippen MR) is 96.1 cm³/mol. The minimum atomic E-state index is -3.98. The Morgan fingerprint density at radius 2 is 1.72 bits per heavy atom. The molecule has 0 aliphatic rings. The van der Waals surface area contributed by atoms with Crippen LogP contribution in [0.15, 0.2) is 35.2 Å². The lowest BCUT2D eigenvalue weighted by atomic mass is 10.1. The van der Waals surface area contributed by atoms with Gasteiger partial charge in [-0.25, -0.2) is 13.2 Å². The topological polar surface area (TPSA) is 81.7 Å². The molecule has 0 radical (unpaired) electrons. The molecule has 0 aliphatic carbocycles. The van der Waals surface area contributed by atoms with Crippen molar-refractivity contribution >= 4 is 33.3 Å². The maximum Gasteiger partial charge on any atom is 0.337 e. The van der Waals surface area contributed by atoms with Crippen molar-refractivity contribution in [2.24, 2.45) is 0 Å². The predicted octanol–water partition coefficient (Wildman–Crippen LogP) is 3.55. The van der Waals surface area contributed by atoms with E-state index in [9.17, 15) is 13.2 Å². The SMILES string of the molecule is COC(=O)c1ccc(Cl)c(NS(=O)(=O)c2cc(C)c(C)cc2OC)c1. The van der Waals surface area contributed by atoms with Crippen molar-refractivity contribution in [1.82, 2.24) is 0 Å². The second-order valence-electron chi connectivity index (χ2n) is 5.38. The molecule has 8 heteroatoms. The van der Waals surface area contributed by atoms with E-state index < -0.39 is 16.0 Å². The number of rotatable bonds is 5. The van der Waals surface area contributed by atoms with Crippen LogP contribution in [0.25, 0.3) is 0 Å². The number of carbonyl (C=O) groups is 1. The first-order valence-electron chi connectivity index (χ1n) is 7.25. The van der Waals surface area contributed by atoms with Gasteiger partial charge in [-0.05, 0) is 55.3 Å². The molecule has 0 heterocycles. The molecule has 0 spiro atoms. The summed E-state index contributed by atoms with van der Waals surface area (Å²) in [6, 6.07) is 7.36. The molecule has 0 saturated carbocycles. The monoisotopic (exact) mass is 383 g/mol. The van der Waals surface area contributed by atoms with Gasteiger partial charge in [0.1, 0.15) is 10.6 Å². The summed E-state index contributed by atoms with van der Waals surface area (Å²) in [5.41, 5.74) is 1.96. The molecule has 0 unspecified atom stereocenters. The van der Waals surface area contributed by atoms with Gasteiger partial charge in [0.25, 0.3) is 10.0 Å². The third-order valence-corrected chi connectivity index (χ3v) is 5.42. The van der Waals surface area contributed by atoms with Gasteiger partial charge in [0, 0.05) is 0 Å². The summed E-state index contributed by atoms with van der Waals surface area (Å²) in [6.07, 6.45) is 0. The number of aryl methyl sites for hydroxylation is 2. The van der Waals surface area contributed by atoms with Crippen LogP contribution < -0.4 is 9.46 Å². The number of nitrogens with one attached hydrogen (secondary N) is 1. The normalized spacial score (nSPS) is 11.1. The highest BCUT2D eigenvalue weighted by atomic mass is 35.5. The molecule has 0 aliphatic heterocycles. The lowest BCUT2D eigenvalue weighted by Gasteiger charge is -2.15. The summed E-state index contributed by atoms with van der Waals surface area (Å²) < 4.78 is 37.8. The fraction of sp³-hybridized carbons (Fsp3) is 0.235. The number of sulfonamides is 1. The van der Waals surface area contributed by atoms with Crippen LogP contribution >= 0.6 is 11.6 Å². The Kier molecular flexibility index (Phi) is 5.59. The summed E-state index contributed by atoms with van der Waals surface area (Å²) in [4.78, 5) is 11.6. The van der Waals surface area contributed by atoms with E-state index in [2.05, 4.69) is 9.46 Å². The van der Waals surface area contributed by atoms with Gasteiger partial charge in [-0.2, -0.15) is 0 Å². The highest BCUT2D eigenvalue weighted by Gasteiger charge is 2.22. The molecule has 1 N–H and O–H groups in total. The molecule has 0 fully saturated rings. The Bertz CT molecular complexity index is 925. The van der Waals surface area contributed by atoms with Crippen LogP contribution in [0.5, 0.6) is 5.75 Å². The average Bonchev–Trinajstić information content (AvgIpc) is 2.57. The van der Waals surface area contributed by atoms with Crippen LogP contribution in [0.4, 0.5) is 5.69 Å². The number of halogens is 1. The van der Waals surface area contributed by atoms with Crippen molar-refractivity contribution in [1.29, 1.82) is 0 Å². The van der Waals surface area contributed by atoms with Gasteiger partial charge >= 0.3 is 5.97 Å². The number of methoxy groups -OCH3 is 2. The summed E-state index contributed by atoms with van der Waals surface area (Å²) in [5, 5.41) is 0.152. The zero-order valence-corrected chi connectivity index (χ0v) is 15.8. The molecule has 0 saturated heterocycles. The molecule has 2 aromatic carbocycles. The molecule has 134 valence electrons. The molecule has 0 atom stereocenters. The quantitative estimate of drug-likeness (QED) is 0.798.